The van der Waals surface area contributed by atoms with Gasteiger partial charge in [0.25, 0.3) is 0 Å². The minimum Gasteiger partial charge on any atom is -0.405 e. The fraction of sp³-hybridized carbons (Fsp3) is 0.333. The van der Waals surface area contributed by atoms with Crippen molar-refractivity contribution in [3.8, 4) is 5.75 Å². The largest absolute Gasteiger partial charge is 0.573 e. The van der Waals surface area contributed by atoms with Crippen LogP contribution >= 0.6 is 0 Å². The molecule has 1 unspecified atom stereocenters. The summed E-state index contributed by atoms with van der Waals surface area (Å²) >= 11 is 0. The predicted molar refractivity (Wildman–Crippen MR) is 76.0 cm³/mol. The Bertz CT molecular complexity index is 629. The van der Waals surface area contributed by atoms with Crippen LogP contribution in [0.5, 0.6) is 5.75 Å². The van der Waals surface area contributed by atoms with E-state index in [1.165, 1.54) is 29.2 Å². The summed E-state index contributed by atoms with van der Waals surface area (Å²) in [5.74, 6) is -1.63. The van der Waals surface area contributed by atoms with E-state index in [4.69, 9.17) is 5.73 Å². The highest BCUT2D eigenvalue weighted by Crippen LogP contribution is 2.27. The van der Waals surface area contributed by atoms with E-state index in [0.717, 1.165) is 12.1 Å². The first-order valence-corrected chi connectivity index (χ1v) is 6.87. The molecule has 0 radical (unpaired) electrons. The molecule has 8 heteroatoms. The monoisotopic (exact) mass is 328 g/mol. The molecule has 1 aromatic rings. The van der Waals surface area contributed by atoms with Gasteiger partial charge >= 0.3 is 6.36 Å². The number of ether oxygens (including phenoxy) is 1. The van der Waals surface area contributed by atoms with E-state index >= 15 is 0 Å². The molecule has 0 spiro atoms. The number of amides is 2. The minimum absolute atomic E-state index is 0.129. The number of hydrogen-bond donors (Lipinski definition) is 1. The second-order valence-corrected chi connectivity index (χ2v) is 5.09. The van der Waals surface area contributed by atoms with Gasteiger partial charge in [-0.2, -0.15) is 0 Å². The number of nitrogens with zero attached hydrogens (tertiary/aromatic N) is 1. The zero-order valence-corrected chi connectivity index (χ0v) is 12.0. The second-order valence-electron chi connectivity index (χ2n) is 5.09. The third-order valence-electron chi connectivity index (χ3n) is 3.45. The summed E-state index contributed by atoms with van der Waals surface area (Å²) in [5, 5.41) is 0. The lowest BCUT2D eigenvalue weighted by molar-refractivity contribution is -0.274. The Morgan fingerprint density at radius 2 is 2.00 bits per heavy atom. The molecule has 1 aromatic carbocycles. The van der Waals surface area contributed by atoms with Gasteiger partial charge in [-0.1, -0.05) is 18.2 Å². The molecular formula is C15H15F3N2O3. The third kappa shape index (κ3) is 4.73. The maximum absolute atomic E-state index is 12.3. The van der Waals surface area contributed by atoms with Crippen LogP contribution in [0, 0.1) is 5.92 Å². The van der Waals surface area contributed by atoms with Gasteiger partial charge in [-0.25, -0.2) is 0 Å². The Morgan fingerprint density at radius 3 is 2.61 bits per heavy atom. The number of likely N-dealkylation sites (tertiary alicyclic amines) is 1. The summed E-state index contributed by atoms with van der Waals surface area (Å²) in [7, 11) is 0. The normalized spacial score (nSPS) is 18.4. The van der Waals surface area contributed by atoms with E-state index < -0.39 is 18.2 Å². The molecule has 2 rings (SSSR count). The van der Waals surface area contributed by atoms with Crippen molar-refractivity contribution >= 4 is 17.9 Å². The molecule has 1 aliphatic rings. The molecule has 0 bridgehead atoms. The van der Waals surface area contributed by atoms with Crippen LogP contribution in [0.4, 0.5) is 13.2 Å². The zero-order valence-electron chi connectivity index (χ0n) is 12.0. The summed E-state index contributed by atoms with van der Waals surface area (Å²) in [4.78, 5) is 24.5. The van der Waals surface area contributed by atoms with Crippen molar-refractivity contribution in [2.24, 2.45) is 11.7 Å². The maximum Gasteiger partial charge on any atom is 0.573 e. The Balaban J connectivity index is 2.06. The van der Waals surface area contributed by atoms with Crippen molar-refractivity contribution in [3.05, 3.63) is 35.9 Å². The van der Waals surface area contributed by atoms with Gasteiger partial charge in [-0.05, 0) is 18.6 Å². The Morgan fingerprint density at radius 1 is 1.30 bits per heavy atom. The van der Waals surface area contributed by atoms with E-state index in [0.29, 0.717) is 13.0 Å². The number of primary amides is 1. The Hall–Kier alpha value is -2.51. The molecule has 1 aliphatic heterocycles. The number of carbonyl (C=O) groups excluding carboxylic acids is 2. The molecule has 1 heterocycles. The lowest BCUT2D eigenvalue weighted by atomic mass is 10.1. The number of nitrogens with two attached hydrogens (primary N) is 1. The molecule has 2 amide bonds. The summed E-state index contributed by atoms with van der Waals surface area (Å²) in [6.07, 6.45) is -1.91. The smallest absolute Gasteiger partial charge is 0.405 e. The fourth-order valence-electron chi connectivity index (χ4n) is 2.29. The van der Waals surface area contributed by atoms with Crippen LogP contribution in [-0.2, 0) is 9.59 Å². The first kappa shape index (κ1) is 16.9. The number of rotatable bonds is 4. The van der Waals surface area contributed by atoms with E-state index in [2.05, 4.69) is 4.74 Å². The van der Waals surface area contributed by atoms with Crippen molar-refractivity contribution in [2.45, 2.75) is 12.8 Å². The average Bonchev–Trinajstić information content (AvgIpc) is 2.94. The van der Waals surface area contributed by atoms with Gasteiger partial charge in [0, 0.05) is 24.7 Å². The van der Waals surface area contributed by atoms with Crippen molar-refractivity contribution in [1.82, 2.24) is 4.90 Å². The molecular weight excluding hydrogens is 313 g/mol. The van der Waals surface area contributed by atoms with Gasteiger partial charge in [-0.15, -0.1) is 13.2 Å². The second kappa shape index (κ2) is 6.72. The SMILES string of the molecule is NC(=O)C1CCN(C(=O)C=Cc2ccccc2OC(F)(F)F)C1. The van der Waals surface area contributed by atoms with Crippen LogP contribution in [0.25, 0.3) is 6.08 Å². The molecule has 1 fully saturated rings. The highest BCUT2D eigenvalue weighted by atomic mass is 19.4. The summed E-state index contributed by atoms with van der Waals surface area (Å²) < 4.78 is 40.9. The first-order valence-electron chi connectivity index (χ1n) is 6.87. The summed E-state index contributed by atoms with van der Waals surface area (Å²) in [6, 6.07) is 5.50. The van der Waals surface area contributed by atoms with Crippen LogP contribution in [0.15, 0.2) is 30.3 Å². The van der Waals surface area contributed by atoms with Gasteiger partial charge in [0.15, 0.2) is 0 Å². The number of hydrogen-bond acceptors (Lipinski definition) is 3. The molecule has 23 heavy (non-hydrogen) atoms. The highest BCUT2D eigenvalue weighted by Gasteiger charge is 2.32. The first-order chi connectivity index (χ1) is 10.8. The Labute approximate surface area is 130 Å². The fourth-order valence-corrected chi connectivity index (χ4v) is 2.29. The summed E-state index contributed by atoms with van der Waals surface area (Å²) in [5.41, 5.74) is 5.31. The van der Waals surface area contributed by atoms with Crippen molar-refractivity contribution in [1.29, 1.82) is 0 Å². The van der Waals surface area contributed by atoms with Gasteiger partial charge in [0.05, 0.1) is 5.92 Å². The van der Waals surface area contributed by atoms with Gasteiger partial charge < -0.3 is 15.4 Å². The maximum atomic E-state index is 12.3. The molecule has 1 saturated heterocycles. The van der Waals surface area contributed by atoms with E-state index in [9.17, 15) is 22.8 Å². The van der Waals surface area contributed by atoms with Gasteiger partial charge in [0.2, 0.25) is 11.8 Å². The molecule has 124 valence electrons. The van der Waals surface area contributed by atoms with E-state index in [1.54, 1.807) is 0 Å². The number of carbonyl (C=O) groups is 2. The van der Waals surface area contributed by atoms with Crippen LogP contribution in [-0.4, -0.2) is 36.2 Å². The number of benzene rings is 1. The Kier molecular flexibility index (Phi) is 4.92. The lowest BCUT2D eigenvalue weighted by Gasteiger charge is -2.14. The molecule has 0 saturated carbocycles. The van der Waals surface area contributed by atoms with E-state index in [-0.39, 0.29) is 23.8 Å². The third-order valence-corrected chi connectivity index (χ3v) is 3.45. The standard InChI is InChI=1S/C15H15F3N2O3/c16-15(17,18)23-12-4-2-1-3-10(12)5-6-13(21)20-8-7-11(9-20)14(19)22/h1-6,11H,7-9H2,(H2,19,22). The molecule has 5 nitrogen and oxygen atoms in total. The topological polar surface area (TPSA) is 72.6 Å². The van der Waals surface area contributed by atoms with Crippen molar-refractivity contribution in [3.63, 3.8) is 0 Å². The van der Waals surface area contributed by atoms with Crippen molar-refractivity contribution in [2.75, 3.05) is 13.1 Å². The molecule has 0 aromatic heterocycles. The number of alkyl halides is 3. The predicted octanol–water partition coefficient (Wildman–Crippen LogP) is 1.93. The number of halogens is 3. The molecule has 2 N–H and O–H groups in total. The van der Waals surface area contributed by atoms with Crippen LogP contribution in [0.1, 0.15) is 12.0 Å². The minimum atomic E-state index is -4.81. The van der Waals surface area contributed by atoms with Gasteiger partial charge in [0.1, 0.15) is 5.75 Å². The van der Waals surface area contributed by atoms with Crippen LogP contribution in [0.2, 0.25) is 0 Å². The number of para-hydroxylation sites is 1. The average molecular weight is 328 g/mol. The highest BCUT2D eigenvalue weighted by molar-refractivity contribution is 5.93. The quantitative estimate of drug-likeness (QED) is 0.859. The zero-order chi connectivity index (χ0) is 17.0. The molecule has 0 aliphatic carbocycles. The van der Waals surface area contributed by atoms with Gasteiger partial charge in [-0.3, -0.25) is 9.59 Å². The summed E-state index contributed by atoms with van der Waals surface area (Å²) in [6.45, 7) is 0.608. The lowest BCUT2D eigenvalue weighted by Crippen LogP contribution is -2.30. The van der Waals surface area contributed by atoms with Crippen LogP contribution < -0.4 is 10.5 Å². The van der Waals surface area contributed by atoms with E-state index in [1.807, 2.05) is 0 Å². The van der Waals surface area contributed by atoms with Crippen LogP contribution in [0.3, 0.4) is 0 Å². The molecule has 1 atom stereocenters. The van der Waals surface area contributed by atoms with Crippen molar-refractivity contribution < 1.29 is 27.5 Å².